The van der Waals surface area contributed by atoms with Crippen LogP contribution in [0.2, 0.25) is 0 Å². The monoisotopic (exact) mass is 559 g/mol. The van der Waals surface area contributed by atoms with Gasteiger partial charge in [0.2, 0.25) is 5.88 Å². The van der Waals surface area contributed by atoms with Crippen molar-refractivity contribution in [1.82, 2.24) is 19.9 Å². The van der Waals surface area contributed by atoms with Crippen molar-refractivity contribution in [3.05, 3.63) is 22.8 Å². The predicted octanol–water partition coefficient (Wildman–Crippen LogP) is 4.11. The Morgan fingerprint density at radius 2 is 1.65 bits per heavy atom. The minimum absolute atomic E-state index is 0.0791. The van der Waals surface area contributed by atoms with Crippen LogP contribution in [0, 0.1) is 31.2 Å². The number of aryl methyl sites for hydroxylation is 1. The fourth-order valence-corrected chi connectivity index (χ4v) is 5.38. The molecule has 2 aromatic rings. The average Bonchev–Trinajstić information content (AvgIpc) is 3.36. The Labute approximate surface area is 232 Å². The second kappa shape index (κ2) is 13.3. The first kappa shape index (κ1) is 30.5. The molecule has 0 saturated heterocycles. The maximum absolute atomic E-state index is 13.4. The third-order valence-corrected chi connectivity index (χ3v) is 6.80. The van der Waals surface area contributed by atoms with Gasteiger partial charge in [-0.25, -0.2) is 23.9 Å². The molecule has 0 aliphatic heterocycles. The van der Waals surface area contributed by atoms with E-state index in [-0.39, 0.29) is 66.8 Å². The van der Waals surface area contributed by atoms with Crippen molar-refractivity contribution in [2.45, 2.75) is 79.4 Å². The number of fused-ring (bicyclic) bond motifs is 1. The van der Waals surface area contributed by atoms with Gasteiger partial charge in [-0.3, -0.25) is 14.7 Å². The fourth-order valence-electron chi connectivity index (χ4n) is 5.38. The number of hydrogen-bond donors (Lipinski definition) is 2. The predicted molar refractivity (Wildman–Crippen MR) is 142 cm³/mol. The van der Waals surface area contributed by atoms with Crippen LogP contribution in [-0.4, -0.2) is 64.0 Å². The lowest BCUT2D eigenvalue weighted by Gasteiger charge is -2.37. The number of amides is 1. The molecule has 1 amide bonds. The van der Waals surface area contributed by atoms with Gasteiger partial charge < -0.3 is 24.3 Å². The zero-order valence-electron chi connectivity index (χ0n) is 23.7. The van der Waals surface area contributed by atoms with E-state index < -0.39 is 30.0 Å². The first-order valence-electron chi connectivity index (χ1n) is 13.5. The van der Waals surface area contributed by atoms with E-state index >= 15 is 0 Å². The van der Waals surface area contributed by atoms with E-state index in [1.54, 1.807) is 20.8 Å². The summed E-state index contributed by atoms with van der Waals surface area (Å²) in [5.74, 6) is -1.07. The van der Waals surface area contributed by atoms with Gasteiger partial charge in [-0.15, -0.1) is 0 Å². The molecule has 1 aliphatic carbocycles. The molecule has 218 valence electrons. The van der Waals surface area contributed by atoms with Crippen LogP contribution in [0.4, 0.5) is 10.5 Å². The molecule has 13 nitrogen and oxygen atoms in total. The molecule has 2 unspecified atom stereocenters. The molecule has 2 heterocycles. The molecular formula is C27H37N5O8. The smallest absolute Gasteiger partial charge is 0.413 e. The van der Waals surface area contributed by atoms with Crippen molar-refractivity contribution >= 4 is 35.3 Å². The number of rotatable bonds is 10. The zero-order valence-corrected chi connectivity index (χ0v) is 23.7. The summed E-state index contributed by atoms with van der Waals surface area (Å²) in [6, 6.07) is -0.998. The van der Waals surface area contributed by atoms with E-state index in [0.29, 0.717) is 11.7 Å². The van der Waals surface area contributed by atoms with Gasteiger partial charge in [-0.05, 0) is 51.4 Å². The van der Waals surface area contributed by atoms with Crippen LogP contribution in [0.25, 0.3) is 10.5 Å². The standard InChI is InChI=1S/C27H37N5O8/c1-8-37-19(33)12-18(13-20(34)38-9-2)30-27(36)40-25-22(28-7)21(24-29-17(6)31-32(24)25)26(35)39-23-15(4)10-14(3)11-16(23)5/h14-16,18,23H,8-13H2,1-6H3,(H,29,31)(H,30,36). The van der Waals surface area contributed by atoms with Gasteiger partial charge in [-0.2, -0.15) is 0 Å². The summed E-state index contributed by atoms with van der Waals surface area (Å²) in [6.45, 7) is 19.2. The summed E-state index contributed by atoms with van der Waals surface area (Å²) in [5.41, 5.74) is -0.291. The molecular weight excluding hydrogens is 522 g/mol. The quantitative estimate of drug-likeness (QED) is 0.248. The average molecular weight is 560 g/mol. The number of esters is 3. The Balaban J connectivity index is 1.87. The minimum atomic E-state index is -1.06. The van der Waals surface area contributed by atoms with Gasteiger partial charge in [0.25, 0.3) is 5.69 Å². The van der Waals surface area contributed by atoms with Crippen molar-refractivity contribution in [3.8, 4) is 5.88 Å². The van der Waals surface area contributed by atoms with E-state index in [9.17, 15) is 19.2 Å². The number of nitrogens with zero attached hydrogens (tertiary/aromatic N) is 3. The summed E-state index contributed by atoms with van der Waals surface area (Å²) in [7, 11) is 0. The maximum atomic E-state index is 13.4. The van der Waals surface area contributed by atoms with Crippen LogP contribution in [-0.2, 0) is 23.8 Å². The molecule has 1 aliphatic rings. The Morgan fingerprint density at radius 1 is 1.07 bits per heavy atom. The van der Waals surface area contributed by atoms with Crippen LogP contribution in [0.3, 0.4) is 0 Å². The number of nitrogens with one attached hydrogen (secondary N) is 2. The Hall–Kier alpha value is -4.08. The summed E-state index contributed by atoms with van der Waals surface area (Å²) in [5, 5.41) is 5.32. The highest BCUT2D eigenvalue weighted by Crippen LogP contribution is 2.40. The highest BCUT2D eigenvalue weighted by atomic mass is 16.6. The second-order valence-corrected chi connectivity index (χ2v) is 10.3. The molecule has 2 atom stereocenters. The summed E-state index contributed by atoms with van der Waals surface area (Å²) in [6.07, 6.45) is -0.179. The fraction of sp³-hybridized carbons (Fsp3) is 0.630. The van der Waals surface area contributed by atoms with Crippen LogP contribution in [0.1, 0.15) is 76.5 Å². The second-order valence-electron chi connectivity index (χ2n) is 10.3. The molecule has 13 heteroatoms. The third kappa shape index (κ3) is 7.11. The van der Waals surface area contributed by atoms with Gasteiger partial charge in [0.15, 0.2) is 5.65 Å². The van der Waals surface area contributed by atoms with Crippen molar-refractivity contribution in [1.29, 1.82) is 0 Å². The van der Waals surface area contributed by atoms with Gasteiger partial charge in [0, 0.05) is 0 Å². The summed E-state index contributed by atoms with van der Waals surface area (Å²) >= 11 is 0. The molecule has 2 N–H and O–H groups in total. The first-order chi connectivity index (χ1) is 19.0. The number of carbonyl (C=O) groups excluding carboxylic acids is 4. The van der Waals surface area contributed by atoms with Crippen molar-refractivity contribution in [2.24, 2.45) is 17.8 Å². The van der Waals surface area contributed by atoms with Gasteiger partial charge in [-0.1, -0.05) is 20.8 Å². The molecule has 1 saturated carbocycles. The lowest BCUT2D eigenvalue weighted by Crippen LogP contribution is -2.40. The Morgan fingerprint density at radius 3 is 2.17 bits per heavy atom. The van der Waals surface area contributed by atoms with Crippen LogP contribution >= 0.6 is 0 Å². The topological polar surface area (TPSA) is 155 Å². The molecule has 0 radical (unpaired) electrons. The molecule has 40 heavy (non-hydrogen) atoms. The van der Waals surface area contributed by atoms with Crippen LogP contribution < -0.4 is 10.1 Å². The van der Waals surface area contributed by atoms with Crippen LogP contribution in [0.5, 0.6) is 5.88 Å². The van der Waals surface area contributed by atoms with E-state index in [4.69, 9.17) is 25.5 Å². The summed E-state index contributed by atoms with van der Waals surface area (Å²) < 4.78 is 22.5. The highest BCUT2D eigenvalue weighted by molar-refractivity contribution is 6.05. The van der Waals surface area contributed by atoms with Crippen molar-refractivity contribution in [3.63, 3.8) is 0 Å². The van der Waals surface area contributed by atoms with E-state index in [0.717, 1.165) is 12.8 Å². The molecule has 3 rings (SSSR count). The van der Waals surface area contributed by atoms with Gasteiger partial charge in [0.05, 0.1) is 38.7 Å². The number of aromatic amines is 1. The van der Waals surface area contributed by atoms with Crippen LogP contribution in [0.15, 0.2) is 0 Å². The van der Waals surface area contributed by atoms with Crippen molar-refractivity contribution < 1.29 is 38.1 Å². The van der Waals surface area contributed by atoms with Gasteiger partial charge >= 0.3 is 24.0 Å². The SMILES string of the molecule is [C-]#[N+]c1c(C(=O)OC2C(C)CC(C)CC2C)c2nc(C)[nH]n2c1OC(=O)NC(CC(=O)OCC)CC(=O)OCC. The lowest BCUT2D eigenvalue weighted by atomic mass is 9.75. The Bertz CT molecular complexity index is 1260. The zero-order chi connectivity index (χ0) is 29.6. The highest BCUT2D eigenvalue weighted by Gasteiger charge is 2.37. The van der Waals surface area contributed by atoms with E-state index in [1.165, 1.54) is 4.52 Å². The maximum Gasteiger partial charge on any atom is 0.413 e. The van der Waals surface area contributed by atoms with E-state index in [2.05, 4.69) is 27.2 Å². The van der Waals surface area contributed by atoms with E-state index in [1.807, 2.05) is 13.8 Å². The Kier molecular flexibility index (Phi) is 10.1. The number of aromatic nitrogens is 3. The largest absolute Gasteiger partial charge is 0.466 e. The molecule has 1 fully saturated rings. The minimum Gasteiger partial charge on any atom is -0.466 e. The molecule has 0 bridgehead atoms. The number of H-pyrrole nitrogens is 1. The lowest BCUT2D eigenvalue weighted by molar-refractivity contribution is -0.145. The number of hydrogen-bond acceptors (Lipinski definition) is 9. The van der Waals surface area contributed by atoms with Gasteiger partial charge in [0.1, 0.15) is 17.5 Å². The number of ether oxygens (including phenoxy) is 4. The normalized spacial score (nSPS) is 20.6. The number of carbonyl (C=O) groups is 4. The molecule has 2 aromatic heterocycles. The summed E-state index contributed by atoms with van der Waals surface area (Å²) in [4.78, 5) is 58.2. The molecule has 0 aromatic carbocycles. The first-order valence-corrected chi connectivity index (χ1v) is 13.5. The molecule has 0 spiro atoms. The third-order valence-electron chi connectivity index (χ3n) is 6.80. The van der Waals surface area contributed by atoms with Crippen molar-refractivity contribution in [2.75, 3.05) is 13.2 Å².